The summed E-state index contributed by atoms with van der Waals surface area (Å²) in [6, 6.07) is 8.16. The Kier molecular flexibility index (Phi) is 6.42. The first-order valence-electron chi connectivity index (χ1n) is 7.68. The molecule has 7 nitrogen and oxygen atoms in total. The van der Waals surface area contributed by atoms with Gasteiger partial charge in [0.25, 0.3) is 0 Å². The second-order valence-corrected chi connectivity index (χ2v) is 5.55. The molecule has 0 aliphatic carbocycles. The van der Waals surface area contributed by atoms with Crippen molar-refractivity contribution in [3.63, 3.8) is 0 Å². The van der Waals surface area contributed by atoms with Crippen LogP contribution in [0, 0.1) is 11.6 Å². The first kappa shape index (κ1) is 19.8. The average Bonchev–Trinajstić information content (AvgIpc) is 2.63. The lowest BCUT2D eigenvalue weighted by Gasteiger charge is -2.13. The minimum atomic E-state index is -1.78. The maximum atomic E-state index is 13.1. The van der Waals surface area contributed by atoms with Gasteiger partial charge in [-0.05, 0) is 35.4 Å². The quantitative estimate of drug-likeness (QED) is 0.632. The van der Waals surface area contributed by atoms with E-state index in [1.54, 1.807) is 12.1 Å². The molecule has 1 unspecified atom stereocenters. The van der Waals surface area contributed by atoms with Crippen LogP contribution < -0.4 is 10.1 Å². The van der Waals surface area contributed by atoms with Crippen molar-refractivity contribution < 1.29 is 38.1 Å². The summed E-state index contributed by atoms with van der Waals surface area (Å²) in [4.78, 5) is 32.8. The number of halogens is 2. The van der Waals surface area contributed by atoms with Crippen molar-refractivity contribution in [2.45, 2.75) is 19.1 Å². The highest BCUT2D eigenvalue weighted by molar-refractivity contribution is 6.31. The van der Waals surface area contributed by atoms with E-state index in [2.05, 4.69) is 0 Å². The average molecular weight is 379 g/mol. The van der Waals surface area contributed by atoms with Gasteiger partial charge in [0.1, 0.15) is 18.4 Å². The molecule has 2 rings (SSSR count). The Labute approximate surface area is 152 Å². The minimum absolute atomic E-state index is 0.00294. The van der Waals surface area contributed by atoms with E-state index < -0.39 is 35.5 Å². The number of carbonyl (C=O) groups excluding carboxylic acids is 1. The van der Waals surface area contributed by atoms with Crippen molar-refractivity contribution >= 4 is 17.8 Å². The zero-order valence-corrected chi connectivity index (χ0v) is 13.8. The molecule has 0 saturated carbocycles. The van der Waals surface area contributed by atoms with Crippen molar-refractivity contribution in [1.82, 2.24) is 5.32 Å². The van der Waals surface area contributed by atoms with Crippen LogP contribution in [0.3, 0.4) is 0 Å². The molecule has 0 aliphatic rings. The fraction of sp³-hybridized carbons (Fsp3) is 0.167. The van der Waals surface area contributed by atoms with Crippen molar-refractivity contribution in [3.8, 4) is 5.75 Å². The molecule has 27 heavy (non-hydrogen) atoms. The molecule has 1 amide bonds. The second kappa shape index (κ2) is 8.75. The second-order valence-electron chi connectivity index (χ2n) is 5.55. The van der Waals surface area contributed by atoms with Crippen molar-refractivity contribution in [2.24, 2.45) is 0 Å². The normalized spacial score (nSPS) is 11.5. The maximum absolute atomic E-state index is 13.1. The Morgan fingerprint density at radius 2 is 1.59 bits per heavy atom. The van der Waals surface area contributed by atoms with Crippen LogP contribution in [0.4, 0.5) is 8.78 Å². The lowest BCUT2D eigenvalue weighted by molar-refractivity contribution is -0.152. The molecule has 0 spiro atoms. The highest BCUT2D eigenvalue weighted by Gasteiger charge is 2.23. The van der Waals surface area contributed by atoms with Gasteiger partial charge in [0, 0.05) is 6.42 Å². The number of carboxylic acids is 2. The van der Waals surface area contributed by atoms with Crippen LogP contribution in [0.1, 0.15) is 11.1 Å². The first-order valence-corrected chi connectivity index (χ1v) is 7.68. The van der Waals surface area contributed by atoms with E-state index in [0.29, 0.717) is 16.9 Å². The van der Waals surface area contributed by atoms with Gasteiger partial charge in [-0.25, -0.2) is 18.4 Å². The molecule has 3 N–H and O–H groups in total. The number of amides is 1. The molecule has 0 fully saturated rings. The lowest BCUT2D eigenvalue weighted by atomic mass is 10.1. The van der Waals surface area contributed by atoms with E-state index in [1.807, 2.05) is 5.32 Å². The largest absolute Gasteiger partial charge is 0.489 e. The third-order valence-electron chi connectivity index (χ3n) is 3.55. The molecule has 2 aromatic carbocycles. The maximum Gasteiger partial charge on any atom is 0.394 e. The molecule has 0 radical (unpaired) electrons. The first-order chi connectivity index (χ1) is 12.8. The Morgan fingerprint density at radius 1 is 0.963 bits per heavy atom. The van der Waals surface area contributed by atoms with E-state index in [0.717, 1.165) is 12.1 Å². The van der Waals surface area contributed by atoms with Gasteiger partial charge >= 0.3 is 17.8 Å². The van der Waals surface area contributed by atoms with Gasteiger partial charge in [-0.3, -0.25) is 4.79 Å². The zero-order valence-electron chi connectivity index (χ0n) is 13.8. The summed E-state index contributed by atoms with van der Waals surface area (Å²) in [5, 5.41) is 19.5. The highest BCUT2D eigenvalue weighted by atomic mass is 19.2. The molecule has 0 bridgehead atoms. The van der Waals surface area contributed by atoms with Crippen LogP contribution in [-0.4, -0.2) is 34.1 Å². The number of benzene rings is 2. The van der Waals surface area contributed by atoms with Crippen molar-refractivity contribution in [3.05, 3.63) is 65.2 Å². The molecule has 0 aromatic heterocycles. The van der Waals surface area contributed by atoms with Crippen LogP contribution in [-0.2, 0) is 27.4 Å². The van der Waals surface area contributed by atoms with E-state index in [4.69, 9.17) is 14.9 Å². The smallest absolute Gasteiger partial charge is 0.394 e. The van der Waals surface area contributed by atoms with Crippen LogP contribution in [0.2, 0.25) is 0 Å². The number of hydrogen-bond acceptors (Lipinski definition) is 4. The zero-order chi connectivity index (χ0) is 20.0. The van der Waals surface area contributed by atoms with Gasteiger partial charge in [0.15, 0.2) is 11.6 Å². The summed E-state index contributed by atoms with van der Waals surface area (Å²) in [7, 11) is 0. The monoisotopic (exact) mass is 379 g/mol. The van der Waals surface area contributed by atoms with Crippen LogP contribution in [0.25, 0.3) is 0 Å². The number of aliphatic carboxylic acids is 2. The van der Waals surface area contributed by atoms with Crippen LogP contribution in [0.5, 0.6) is 5.75 Å². The molecule has 0 saturated heterocycles. The number of carbonyl (C=O) groups is 3. The van der Waals surface area contributed by atoms with Gasteiger partial charge in [0.2, 0.25) is 0 Å². The van der Waals surface area contributed by atoms with E-state index in [1.165, 1.54) is 18.2 Å². The molecular weight excluding hydrogens is 364 g/mol. The fourth-order valence-corrected chi connectivity index (χ4v) is 2.17. The summed E-state index contributed by atoms with van der Waals surface area (Å²) in [6.07, 6.45) is -0.127. The van der Waals surface area contributed by atoms with Crippen molar-refractivity contribution in [2.75, 3.05) is 0 Å². The molecule has 142 valence electrons. The standard InChI is InChI=1S/C18H15F2NO6/c19-13-6-3-11(7-14(13)20)9-27-12-4-1-10(2-5-12)8-15(17(23)24)21-16(22)18(25)26/h1-7,15H,8-9H2,(H,21,22)(H,23,24)(H,25,26). The topological polar surface area (TPSA) is 113 Å². The molecule has 1 atom stereocenters. The molecule has 0 aliphatic heterocycles. The predicted octanol–water partition coefficient (Wildman–Crippen LogP) is 1.74. The summed E-state index contributed by atoms with van der Waals surface area (Å²) in [6.45, 7) is 0.00294. The lowest BCUT2D eigenvalue weighted by Crippen LogP contribution is -2.45. The number of rotatable bonds is 7. The van der Waals surface area contributed by atoms with E-state index in [-0.39, 0.29) is 13.0 Å². The number of hydrogen-bond donors (Lipinski definition) is 3. The van der Waals surface area contributed by atoms with E-state index in [9.17, 15) is 23.2 Å². The summed E-state index contributed by atoms with van der Waals surface area (Å²) in [5.41, 5.74) is 0.952. The molecular formula is C18H15F2NO6. The highest BCUT2D eigenvalue weighted by Crippen LogP contribution is 2.16. The fourth-order valence-electron chi connectivity index (χ4n) is 2.17. The van der Waals surface area contributed by atoms with Gasteiger partial charge in [-0.1, -0.05) is 18.2 Å². The summed E-state index contributed by atoms with van der Waals surface area (Å²) >= 11 is 0. The van der Waals surface area contributed by atoms with Crippen molar-refractivity contribution in [1.29, 1.82) is 0 Å². The Hall–Kier alpha value is -3.49. The summed E-state index contributed by atoms with van der Waals surface area (Å²) < 4.78 is 31.5. The Balaban J connectivity index is 1.96. The summed E-state index contributed by atoms with van der Waals surface area (Å²) in [5.74, 6) is -6.08. The third kappa shape index (κ3) is 5.77. The Morgan fingerprint density at radius 3 is 2.15 bits per heavy atom. The number of nitrogens with one attached hydrogen (secondary N) is 1. The van der Waals surface area contributed by atoms with Gasteiger partial charge < -0.3 is 20.3 Å². The van der Waals surface area contributed by atoms with Crippen LogP contribution in [0.15, 0.2) is 42.5 Å². The SMILES string of the molecule is O=C(O)C(=O)NC(Cc1ccc(OCc2ccc(F)c(F)c2)cc1)C(=O)O. The molecule has 0 heterocycles. The molecule has 9 heteroatoms. The number of carboxylic acid groups (broad SMARTS) is 2. The number of ether oxygens (including phenoxy) is 1. The van der Waals surface area contributed by atoms with Gasteiger partial charge in [0.05, 0.1) is 0 Å². The molecule has 2 aromatic rings. The van der Waals surface area contributed by atoms with Crippen LogP contribution >= 0.6 is 0 Å². The minimum Gasteiger partial charge on any atom is -0.489 e. The van der Waals surface area contributed by atoms with E-state index >= 15 is 0 Å². The predicted molar refractivity (Wildman–Crippen MR) is 88.0 cm³/mol. The van der Waals surface area contributed by atoms with Gasteiger partial charge in [-0.15, -0.1) is 0 Å². The van der Waals surface area contributed by atoms with Gasteiger partial charge in [-0.2, -0.15) is 0 Å². The Bertz CT molecular complexity index is 853. The third-order valence-corrected chi connectivity index (χ3v) is 3.55.